The molecule has 0 aliphatic rings. The number of hydrogen-bond acceptors (Lipinski definition) is 6. The second-order valence-electron chi connectivity index (χ2n) is 10.2. The van der Waals surface area contributed by atoms with Gasteiger partial charge in [-0.05, 0) is 49.1 Å². The molecule has 12 heteroatoms. The van der Waals surface area contributed by atoms with Gasteiger partial charge < -0.3 is 10.2 Å². The van der Waals surface area contributed by atoms with Crippen molar-refractivity contribution in [2.75, 3.05) is 17.1 Å². The summed E-state index contributed by atoms with van der Waals surface area (Å²) in [5, 5.41) is 14.9. The number of amides is 2. The summed E-state index contributed by atoms with van der Waals surface area (Å²) in [6.07, 6.45) is 1.76. The van der Waals surface area contributed by atoms with E-state index in [0.29, 0.717) is 22.6 Å². The zero-order valence-electron chi connectivity index (χ0n) is 24.0. The molecular formula is C30H35ClN4O6S. The van der Waals surface area contributed by atoms with Crippen LogP contribution in [0.25, 0.3) is 0 Å². The Balaban J connectivity index is 2.11. The largest absolute Gasteiger partial charge is 0.352 e. The molecule has 0 aliphatic carbocycles. The summed E-state index contributed by atoms with van der Waals surface area (Å²) in [6, 6.07) is 18.7. The molecule has 2 amide bonds. The highest BCUT2D eigenvalue weighted by Crippen LogP contribution is 2.28. The smallest absolute Gasteiger partial charge is 0.271 e. The number of benzene rings is 3. The van der Waals surface area contributed by atoms with Crippen LogP contribution < -0.4 is 9.62 Å². The summed E-state index contributed by atoms with van der Waals surface area (Å²) in [6.45, 7) is 4.68. The molecule has 1 N–H and O–H groups in total. The molecule has 2 atom stereocenters. The van der Waals surface area contributed by atoms with Crippen molar-refractivity contribution >= 4 is 44.8 Å². The summed E-state index contributed by atoms with van der Waals surface area (Å²) in [4.78, 5) is 40.0. The molecule has 0 fully saturated rings. The molecule has 0 saturated heterocycles. The molecule has 0 unspecified atom stereocenters. The monoisotopic (exact) mass is 614 g/mol. The van der Waals surface area contributed by atoms with Crippen molar-refractivity contribution in [3.8, 4) is 0 Å². The van der Waals surface area contributed by atoms with Gasteiger partial charge in [-0.2, -0.15) is 0 Å². The van der Waals surface area contributed by atoms with Gasteiger partial charge in [-0.1, -0.05) is 67.1 Å². The first kappa shape index (κ1) is 32.6. The van der Waals surface area contributed by atoms with Crippen molar-refractivity contribution in [2.45, 2.75) is 52.2 Å². The van der Waals surface area contributed by atoms with Gasteiger partial charge in [0.05, 0.1) is 16.9 Å². The van der Waals surface area contributed by atoms with E-state index in [9.17, 15) is 28.1 Å². The van der Waals surface area contributed by atoms with E-state index in [2.05, 4.69) is 5.32 Å². The second-order valence-corrected chi connectivity index (χ2v) is 12.5. The lowest BCUT2D eigenvalue weighted by molar-refractivity contribution is -0.384. The molecular weight excluding hydrogens is 580 g/mol. The molecule has 0 radical (unpaired) electrons. The molecule has 42 heavy (non-hydrogen) atoms. The van der Waals surface area contributed by atoms with Crippen molar-refractivity contribution in [2.24, 2.45) is 0 Å². The van der Waals surface area contributed by atoms with Gasteiger partial charge in [-0.3, -0.25) is 24.0 Å². The highest BCUT2D eigenvalue weighted by Gasteiger charge is 2.34. The van der Waals surface area contributed by atoms with Crippen molar-refractivity contribution in [3.63, 3.8) is 0 Å². The zero-order chi connectivity index (χ0) is 31.0. The Morgan fingerprint density at radius 2 is 1.69 bits per heavy atom. The Hall–Kier alpha value is -3.96. The van der Waals surface area contributed by atoms with E-state index in [4.69, 9.17) is 11.6 Å². The number of rotatable bonds is 13. The number of nitrogens with one attached hydrogen (secondary N) is 1. The lowest BCUT2D eigenvalue weighted by Gasteiger charge is -2.34. The third-order valence-electron chi connectivity index (χ3n) is 6.87. The number of aryl methyl sites for hydroxylation is 1. The molecule has 0 heterocycles. The standard InChI is InChI=1S/C30H35ClN4O6S/c1-5-22(3)32-30(37)28(17-23-10-7-6-8-11-23)33(19-24-12-9-13-25(31)16-24)29(36)20-34(42(4,40)41)27-18-26(35(38)39)15-14-21(27)2/h6-16,18,22,28H,5,17,19-20H2,1-4H3,(H,32,37)/t22-,28-/m1/s1. The Morgan fingerprint density at radius 1 is 1.02 bits per heavy atom. The second kappa shape index (κ2) is 14.3. The van der Waals surface area contributed by atoms with Crippen LogP contribution in [0.4, 0.5) is 11.4 Å². The number of nitrogens with zero attached hydrogens (tertiary/aromatic N) is 3. The van der Waals surface area contributed by atoms with Crippen LogP contribution in [0, 0.1) is 17.0 Å². The molecule has 3 aromatic carbocycles. The average Bonchev–Trinajstić information content (AvgIpc) is 2.93. The summed E-state index contributed by atoms with van der Waals surface area (Å²) in [7, 11) is -4.08. The summed E-state index contributed by atoms with van der Waals surface area (Å²) in [5.41, 5.74) is 1.56. The quantitative estimate of drug-likeness (QED) is 0.216. The highest BCUT2D eigenvalue weighted by atomic mass is 35.5. The minimum atomic E-state index is -4.08. The Kier molecular flexibility index (Phi) is 11.1. The van der Waals surface area contributed by atoms with E-state index in [1.165, 1.54) is 17.0 Å². The Morgan fingerprint density at radius 3 is 2.29 bits per heavy atom. The number of hydrogen-bond donors (Lipinski definition) is 1. The molecule has 3 rings (SSSR count). The fourth-order valence-corrected chi connectivity index (χ4v) is 5.51. The first-order valence-electron chi connectivity index (χ1n) is 13.4. The van der Waals surface area contributed by atoms with Crippen LogP contribution in [-0.4, -0.2) is 54.9 Å². The van der Waals surface area contributed by atoms with Gasteiger partial charge in [0.2, 0.25) is 21.8 Å². The summed E-state index contributed by atoms with van der Waals surface area (Å²) in [5.74, 6) is -1.05. The molecule has 10 nitrogen and oxygen atoms in total. The third-order valence-corrected chi connectivity index (χ3v) is 8.23. The van der Waals surface area contributed by atoms with Crippen LogP contribution in [-0.2, 0) is 32.6 Å². The van der Waals surface area contributed by atoms with E-state index < -0.39 is 33.4 Å². The minimum Gasteiger partial charge on any atom is -0.352 e. The van der Waals surface area contributed by atoms with Gasteiger partial charge in [-0.25, -0.2) is 8.42 Å². The molecule has 0 bridgehead atoms. The lowest BCUT2D eigenvalue weighted by atomic mass is 10.0. The third kappa shape index (κ3) is 8.77. The minimum absolute atomic E-state index is 0.00595. The highest BCUT2D eigenvalue weighted by molar-refractivity contribution is 7.92. The number of carbonyl (C=O) groups is 2. The van der Waals surface area contributed by atoms with Crippen LogP contribution in [0.5, 0.6) is 0 Å². The van der Waals surface area contributed by atoms with Gasteiger partial charge in [0.25, 0.3) is 5.69 Å². The van der Waals surface area contributed by atoms with E-state index in [1.54, 1.807) is 31.2 Å². The molecule has 0 saturated carbocycles. The van der Waals surface area contributed by atoms with Crippen molar-refractivity contribution in [1.29, 1.82) is 0 Å². The SMILES string of the molecule is CC[C@@H](C)NC(=O)[C@@H](Cc1ccccc1)N(Cc1cccc(Cl)c1)C(=O)CN(c1cc([N+](=O)[O-])ccc1C)S(C)(=O)=O. The van der Waals surface area contributed by atoms with Gasteiger partial charge >= 0.3 is 0 Å². The molecule has 0 aliphatic heterocycles. The molecule has 0 spiro atoms. The fraction of sp³-hybridized carbons (Fsp3) is 0.333. The van der Waals surface area contributed by atoms with E-state index in [1.807, 2.05) is 44.2 Å². The van der Waals surface area contributed by atoms with Crippen LogP contribution in [0.15, 0.2) is 72.8 Å². The number of halogens is 1. The topological polar surface area (TPSA) is 130 Å². The molecule has 0 aromatic heterocycles. The first-order chi connectivity index (χ1) is 19.8. The lowest BCUT2D eigenvalue weighted by Crippen LogP contribution is -2.54. The first-order valence-corrected chi connectivity index (χ1v) is 15.6. The van der Waals surface area contributed by atoms with E-state index in [0.717, 1.165) is 22.2 Å². The molecule has 224 valence electrons. The fourth-order valence-electron chi connectivity index (χ4n) is 4.40. The zero-order valence-corrected chi connectivity index (χ0v) is 25.6. The maximum Gasteiger partial charge on any atom is 0.271 e. The number of nitro benzene ring substituents is 1. The van der Waals surface area contributed by atoms with Crippen molar-refractivity contribution in [3.05, 3.63) is 105 Å². The number of non-ortho nitro benzene ring substituents is 1. The van der Waals surface area contributed by atoms with Crippen LogP contribution in [0.3, 0.4) is 0 Å². The normalized spacial score (nSPS) is 12.7. The maximum absolute atomic E-state index is 14.2. The van der Waals surface area contributed by atoms with Crippen molar-refractivity contribution in [1.82, 2.24) is 10.2 Å². The van der Waals surface area contributed by atoms with Gasteiger partial charge in [0.15, 0.2) is 0 Å². The number of anilines is 1. The summed E-state index contributed by atoms with van der Waals surface area (Å²) >= 11 is 6.22. The summed E-state index contributed by atoms with van der Waals surface area (Å²) < 4.78 is 26.8. The van der Waals surface area contributed by atoms with E-state index >= 15 is 0 Å². The number of nitro groups is 1. The Labute approximate surface area is 251 Å². The van der Waals surface area contributed by atoms with Crippen LogP contribution in [0.1, 0.15) is 37.0 Å². The average molecular weight is 615 g/mol. The predicted octanol–water partition coefficient (Wildman–Crippen LogP) is 4.88. The Bertz CT molecular complexity index is 1530. The predicted molar refractivity (Wildman–Crippen MR) is 164 cm³/mol. The van der Waals surface area contributed by atoms with Crippen LogP contribution >= 0.6 is 11.6 Å². The van der Waals surface area contributed by atoms with Gasteiger partial charge in [0, 0.05) is 36.2 Å². The van der Waals surface area contributed by atoms with Gasteiger partial charge in [-0.15, -0.1) is 0 Å². The number of carbonyl (C=O) groups excluding carboxylic acids is 2. The van der Waals surface area contributed by atoms with E-state index in [-0.39, 0.29) is 36.3 Å². The maximum atomic E-state index is 14.2. The molecule has 3 aromatic rings. The number of sulfonamides is 1. The van der Waals surface area contributed by atoms with Crippen molar-refractivity contribution < 1.29 is 22.9 Å². The van der Waals surface area contributed by atoms with Crippen LogP contribution in [0.2, 0.25) is 5.02 Å². The van der Waals surface area contributed by atoms with Gasteiger partial charge in [0.1, 0.15) is 12.6 Å².